The van der Waals surface area contributed by atoms with Gasteiger partial charge >= 0.3 is 0 Å². The van der Waals surface area contributed by atoms with Crippen LogP contribution in [0.3, 0.4) is 0 Å². The smallest absolute Gasteiger partial charge is 0.158 e. The van der Waals surface area contributed by atoms with Gasteiger partial charge in [0.1, 0.15) is 0 Å². The predicted octanol–water partition coefficient (Wildman–Crippen LogP) is 2.06. The lowest BCUT2D eigenvalue weighted by Crippen LogP contribution is -2.29. The van der Waals surface area contributed by atoms with Crippen LogP contribution in [0, 0.1) is 0 Å². The molecule has 0 aromatic rings. The monoisotopic (exact) mass is 213 g/mol. The van der Waals surface area contributed by atoms with E-state index in [0.29, 0.717) is 12.1 Å². The molecule has 2 aliphatic rings. The Morgan fingerprint density at radius 3 is 3.07 bits per heavy atom. The van der Waals surface area contributed by atoms with E-state index in [2.05, 4.69) is 12.2 Å². The van der Waals surface area contributed by atoms with Gasteiger partial charge in [0, 0.05) is 19.2 Å². The van der Waals surface area contributed by atoms with Crippen molar-refractivity contribution in [1.29, 1.82) is 0 Å². The predicted molar refractivity (Wildman–Crippen MR) is 59.8 cm³/mol. The maximum absolute atomic E-state index is 5.94. The van der Waals surface area contributed by atoms with E-state index >= 15 is 0 Å². The molecule has 0 aromatic heterocycles. The standard InChI is InChI=1S/C12H23NO2/c1-2-5-10-8-11(9-13-10)15-12-6-3-4-7-14-12/h10-13H,2-9H2,1H3. The third-order valence-corrected chi connectivity index (χ3v) is 3.30. The fourth-order valence-electron chi connectivity index (χ4n) is 2.49. The molecule has 0 aromatic carbocycles. The molecule has 2 heterocycles. The van der Waals surface area contributed by atoms with E-state index in [0.717, 1.165) is 26.0 Å². The zero-order valence-electron chi connectivity index (χ0n) is 9.71. The summed E-state index contributed by atoms with van der Waals surface area (Å²) in [6.45, 7) is 4.12. The average molecular weight is 213 g/mol. The first-order valence-electron chi connectivity index (χ1n) is 6.39. The van der Waals surface area contributed by atoms with Crippen molar-refractivity contribution in [3.63, 3.8) is 0 Å². The molecule has 1 N–H and O–H groups in total. The van der Waals surface area contributed by atoms with Crippen LogP contribution in [0.4, 0.5) is 0 Å². The molecule has 0 radical (unpaired) electrons. The molecular formula is C12H23NO2. The van der Waals surface area contributed by atoms with Crippen molar-refractivity contribution in [3.05, 3.63) is 0 Å². The summed E-state index contributed by atoms with van der Waals surface area (Å²) in [7, 11) is 0. The van der Waals surface area contributed by atoms with E-state index < -0.39 is 0 Å². The second kappa shape index (κ2) is 5.83. The van der Waals surface area contributed by atoms with Crippen LogP contribution in [0.25, 0.3) is 0 Å². The quantitative estimate of drug-likeness (QED) is 0.775. The summed E-state index contributed by atoms with van der Waals surface area (Å²) in [6, 6.07) is 0.670. The molecule has 0 bridgehead atoms. The molecule has 15 heavy (non-hydrogen) atoms. The lowest BCUT2D eigenvalue weighted by molar-refractivity contribution is -0.184. The first-order valence-corrected chi connectivity index (χ1v) is 6.39. The number of hydrogen-bond donors (Lipinski definition) is 1. The van der Waals surface area contributed by atoms with Crippen LogP contribution < -0.4 is 5.32 Å². The van der Waals surface area contributed by atoms with Crippen LogP contribution in [0.1, 0.15) is 45.4 Å². The molecule has 3 unspecified atom stereocenters. The zero-order valence-corrected chi connectivity index (χ0v) is 9.71. The Labute approximate surface area is 92.5 Å². The second-order valence-electron chi connectivity index (χ2n) is 4.68. The summed E-state index contributed by atoms with van der Waals surface area (Å²) in [5.74, 6) is 0. The lowest BCUT2D eigenvalue weighted by Gasteiger charge is -2.25. The van der Waals surface area contributed by atoms with Gasteiger partial charge in [-0.05, 0) is 32.1 Å². The van der Waals surface area contributed by atoms with Crippen molar-refractivity contribution in [1.82, 2.24) is 5.32 Å². The van der Waals surface area contributed by atoms with E-state index in [9.17, 15) is 0 Å². The highest BCUT2D eigenvalue weighted by atomic mass is 16.7. The second-order valence-corrected chi connectivity index (χ2v) is 4.68. The van der Waals surface area contributed by atoms with Gasteiger partial charge in [0.2, 0.25) is 0 Å². The minimum atomic E-state index is 0.0749. The fourth-order valence-corrected chi connectivity index (χ4v) is 2.49. The largest absolute Gasteiger partial charge is 0.353 e. The molecule has 0 saturated carbocycles. The summed E-state index contributed by atoms with van der Waals surface area (Å²) >= 11 is 0. The SMILES string of the molecule is CCCC1CC(OC2CCCCO2)CN1. The first-order chi connectivity index (χ1) is 7.38. The molecular weight excluding hydrogens is 190 g/mol. The number of hydrogen-bond acceptors (Lipinski definition) is 3. The molecule has 3 nitrogen and oxygen atoms in total. The molecule has 2 aliphatic heterocycles. The molecule has 0 spiro atoms. The van der Waals surface area contributed by atoms with Gasteiger partial charge in [-0.15, -0.1) is 0 Å². The van der Waals surface area contributed by atoms with Crippen molar-refractivity contribution in [2.24, 2.45) is 0 Å². The average Bonchev–Trinajstić information content (AvgIpc) is 2.68. The van der Waals surface area contributed by atoms with E-state index in [1.165, 1.54) is 25.7 Å². The molecule has 2 rings (SSSR count). The Balaban J connectivity index is 1.67. The highest BCUT2D eigenvalue weighted by Gasteiger charge is 2.27. The summed E-state index contributed by atoms with van der Waals surface area (Å²) < 4.78 is 11.5. The van der Waals surface area contributed by atoms with E-state index in [1.54, 1.807) is 0 Å². The summed E-state index contributed by atoms with van der Waals surface area (Å²) in [5, 5.41) is 3.52. The van der Waals surface area contributed by atoms with Gasteiger partial charge in [0.15, 0.2) is 6.29 Å². The summed E-state index contributed by atoms with van der Waals surface area (Å²) in [5.41, 5.74) is 0. The Hall–Kier alpha value is -0.120. The molecule has 2 saturated heterocycles. The third kappa shape index (κ3) is 3.44. The maximum Gasteiger partial charge on any atom is 0.158 e. The van der Waals surface area contributed by atoms with Gasteiger partial charge in [-0.3, -0.25) is 0 Å². The van der Waals surface area contributed by atoms with Gasteiger partial charge < -0.3 is 14.8 Å². The van der Waals surface area contributed by atoms with Crippen LogP contribution in [0.2, 0.25) is 0 Å². The highest BCUT2D eigenvalue weighted by Crippen LogP contribution is 2.20. The first kappa shape index (κ1) is 11.4. The van der Waals surface area contributed by atoms with Crippen LogP contribution in [-0.4, -0.2) is 31.6 Å². The Morgan fingerprint density at radius 1 is 1.40 bits per heavy atom. The Morgan fingerprint density at radius 2 is 2.33 bits per heavy atom. The number of ether oxygens (including phenoxy) is 2. The van der Waals surface area contributed by atoms with Crippen molar-refractivity contribution < 1.29 is 9.47 Å². The highest BCUT2D eigenvalue weighted by molar-refractivity contribution is 4.82. The third-order valence-electron chi connectivity index (χ3n) is 3.30. The van der Waals surface area contributed by atoms with Gasteiger partial charge in [-0.25, -0.2) is 0 Å². The summed E-state index contributed by atoms with van der Waals surface area (Å²) in [6.07, 6.45) is 7.67. The minimum absolute atomic E-state index is 0.0749. The van der Waals surface area contributed by atoms with Crippen molar-refractivity contribution >= 4 is 0 Å². The molecule has 0 amide bonds. The lowest BCUT2D eigenvalue weighted by atomic mass is 10.1. The number of rotatable bonds is 4. The van der Waals surface area contributed by atoms with Gasteiger partial charge in [0.05, 0.1) is 6.10 Å². The van der Waals surface area contributed by atoms with Gasteiger partial charge in [-0.2, -0.15) is 0 Å². The van der Waals surface area contributed by atoms with Gasteiger partial charge in [-0.1, -0.05) is 13.3 Å². The van der Waals surface area contributed by atoms with Crippen LogP contribution in [-0.2, 0) is 9.47 Å². The van der Waals surface area contributed by atoms with Crippen molar-refractivity contribution in [3.8, 4) is 0 Å². The van der Waals surface area contributed by atoms with E-state index in [-0.39, 0.29) is 6.29 Å². The van der Waals surface area contributed by atoms with E-state index in [1.807, 2.05) is 0 Å². The van der Waals surface area contributed by atoms with Crippen LogP contribution >= 0.6 is 0 Å². The van der Waals surface area contributed by atoms with Gasteiger partial charge in [0.25, 0.3) is 0 Å². The summed E-state index contributed by atoms with van der Waals surface area (Å²) in [4.78, 5) is 0. The molecule has 2 fully saturated rings. The fraction of sp³-hybridized carbons (Fsp3) is 1.00. The zero-order chi connectivity index (χ0) is 10.5. The maximum atomic E-state index is 5.94. The molecule has 3 atom stereocenters. The topological polar surface area (TPSA) is 30.5 Å². The van der Waals surface area contributed by atoms with E-state index in [4.69, 9.17) is 9.47 Å². The molecule has 0 aliphatic carbocycles. The van der Waals surface area contributed by atoms with Crippen LogP contribution in [0.15, 0.2) is 0 Å². The van der Waals surface area contributed by atoms with Crippen molar-refractivity contribution in [2.45, 2.75) is 63.9 Å². The normalized spacial score (nSPS) is 37.0. The molecule has 88 valence electrons. The van der Waals surface area contributed by atoms with Crippen molar-refractivity contribution in [2.75, 3.05) is 13.2 Å². The Kier molecular flexibility index (Phi) is 4.42. The number of nitrogens with one attached hydrogen (secondary N) is 1. The minimum Gasteiger partial charge on any atom is -0.353 e. The van der Waals surface area contributed by atoms with Crippen LogP contribution in [0.5, 0.6) is 0 Å². The molecule has 3 heteroatoms. The Bertz CT molecular complexity index is 180.